The number of hydrogen-bond donors (Lipinski definition) is 1. The molecule has 2 unspecified atom stereocenters. The molecule has 2 aliphatic heterocycles. The summed E-state index contributed by atoms with van der Waals surface area (Å²) in [5.41, 5.74) is 0.0525. The van der Waals surface area contributed by atoms with Crippen LogP contribution in [-0.4, -0.2) is 35.0 Å². The fraction of sp³-hybridized carbons (Fsp3) is 0.867. The number of aromatic nitrogens is 2. The van der Waals surface area contributed by atoms with Crippen molar-refractivity contribution in [3.05, 3.63) is 5.82 Å². The van der Waals surface area contributed by atoms with E-state index in [1.54, 1.807) is 11.5 Å². The summed E-state index contributed by atoms with van der Waals surface area (Å²) in [5, 5.41) is 4.79. The highest BCUT2D eigenvalue weighted by molar-refractivity contribution is 7.09. The first-order valence-corrected chi connectivity index (χ1v) is 8.64. The van der Waals surface area contributed by atoms with Gasteiger partial charge in [0.15, 0.2) is 0 Å². The van der Waals surface area contributed by atoms with Gasteiger partial charge in [-0.2, -0.15) is 4.37 Å². The lowest BCUT2D eigenvalue weighted by molar-refractivity contribution is 0.328. The zero-order valence-corrected chi connectivity index (χ0v) is 13.7. The van der Waals surface area contributed by atoms with E-state index >= 15 is 0 Å². The minimum atomic E-state index is 0.0525. The smallest absolute Gasteiger partial charge is 0.205 e. The van der Waals surface area contributed by atoms with Crippen molar-refractivity contribution in [2.45, 2.75) is 57.9 Å². The molecular formula is C15H26N4S. The summed E-state index contributed by atoms with van der Waals surface area (Å²) in [7, 11) is 0. The Labute approximate surface area is 126 Å². The summed E-state index contributed by atoms with van der Waals surface area (Å²) in [6, 6.07) is 0.729. The van der Waals surface area contributed by atoms with E-state index in [2.05, 4.69) is 35.4 Å². The van der Waals surface area contributed by atoms with Gasteiger partial charge < -0.3 is 10.2 Å². The molecule has 1 aromatic rings. The van der Waals surface area contributed by atoms with Gasteiger partial charge in [0.25, 0.3) is 0 Å². The fourth-order valence-electron chi connectivity index (χ4n) is 3.27. The van der Waals surface area contributed by atoms with Crippen LogP contribution in [0.3, 0.4) is 0 Å². The van der Waals surface area contributed by atoms with Crippen LogP contribution >= 0.6 is 11.5 Å². The van der Waals surface area contributed by atoms with Crippen molar-refractivity contribution in [1.29, 1.82) is 0 Å². The minimum absolute atomic E-state index is 0.0525. The Hall–Kier alpha value is -0.680. The lowest BCUT2D eigenvalue weighted by Gasteiger charge is -2.35. The summed E-state index contributed by atoms with van der Waals surface area (Å²) in [4.78, 5) is 7.24. The predicted molar refractivity (Wildman–Crippen MR) is 84.6 cm³/mol. The number of rotatable bonds is 2. The molecule has 0 bridgehead atoms. The molecule has 2 saturated heterocycles. The van der Waals surface area contributed by atoms with Crippen molar-refractivity contribution in [1.82, 2.24) is 14.7 Å². The lowest BCUT2D eigenvalue weighted by atomic mass is 9.90. The molecule has 2 fully saturated rings. The molecule has 3 rings (SSSR count). The van der Waals surface area contributed by atoms with Crippen molar-refractivity contribution >= 4 is 16.7 Å². The second-order valence-electron chi connectivity index (χ2n) is 7.20. The van der Waals surface area contributed by atoms with Crippen molar-refractivity contribution in [3.63, 3.8) is 0 Å². The number of piperidine rings is 1. The highest BCUT2D eigenvalue weighted by atomic mass is 32.1. The van der Waals surface area contributed by atoms with Crippen LogP contribution in [-0.2, 0) is 5.41 Å². The van der Waals surface area contributed by atoms with Crippen LogP contribution in [0.15, 0.2) is 0 Å². The summed E-state index contributed by atoms with van der Waals surface area (Å²) in [5.74, 6) is 1.77. The normalized spacial score (nSPS) is 28.1. The average Bonchev–Trinajstić information content (AvgIpc) is 3.10. The van der Waals surface area contributed by atoms with Gasteiger partial charge in [-0.1, -0.05) is 20.8 Å². The minimum Gasteiger partial charge on any atom is -0.347 e. The van der Waals surface area contributed by atoms with Crippen LogP contribution < -0.4 is 10.2 Å². The molecule has 0 aromatic carbocycles. The van der Waals surface area contributed by atoms with Crippen LogP contribution in [0.1, 0.15) is 52.3 Å². The van der Waals surface area contributed by atoms with Gasteiger partial charge in [0.05, 0.1) is 0 Å². The first-order chi connectivity index (χ1) is 9.54. The highest BCUT2D eigenvalue weighted by Crippen LogP contribution is 2.30. The van der Waals surface area contributed by atoms with Crippen molar-refractivity contribution < 1.29 is 0 Å². The Morgan fingerprint density at radius 1 is 1.25 bits per heavy atom. The molecule has 0 amide bonds. The molecule has 2 atom stereocenters. The molecule has 1 N–H and O–H groups in total. The number of hydrogen-bond acceptors (Lipinski definition) is 5. The van der Waals surface area contributed by atoms with E-state index in [1.165, 1.54) is 32.2 Å². The molecule has 0 aliphatic carbocycles. The largest absolute Gasteiger partial charge is 0.347 e. The summed E-state index contributed by atoms with van der Waals surface area (Å²) in [6.45, 7) is 10.0. The second-order valence-corrected chi connectivity index (χ2v) is 7.93. The predicted octanol–water partition coefficient (Wildman–Crippen LogP) is 2.80. The molecular weight excluding hydrogens is 268 g/mol. The molecule has 0 radical (unpaired) electrons. The first-order valence-electron chi connectivity index (χ1n) is 7.86. The van der Waals surface area contributed by atoms with Gasteiger partial charge in [-0.3, -0.25) is 0 Å². The third kappa shape index (κ3) is 2.98. The van der Waals surface area contributed by atoms with Crippen LogP contribution in [0, 0.1) is 5.92 Å². The molecule has 20 heavy (non-hydrogen) atoms. The fourth-order valence-corrected chi connectivity index (χ4v) is 4.17. The number of nitrogens with zero attached hydrogens (tertiary/aromatic N) is 3. The van der Waals surface area contributed by atoms with Crippen LogP contribution in [0.25, 0.3) is 0 Å². The van der Waals surface area contributed by atoms with Gasteiger partial charge in [-0.15, -0.1) is 0 Å². The molecule has 5 heteroatoms. The van der Waals surface area contributed by atoms with Gasteiger partial charge in [0, 0.05) is 36.1 Å². The van der Waals surface area contributed by atoms with Gasteiger partial charge >= 0.3 is 0 Å². The quantitative estimate of drug-likeness (QED) is 0.910. The van der Waals surface area contributed by atoms with E-state index < -0.39 is 0 Å². The average molecular weight is 294 g/mol. The van der Waals surface area contributed by atoms with Gasteiger partial charge in [-0.05, 0) is 38.1 Å². The Morgan fingerprint density at radius 3 is 2.75 bits per heavy atom. The second kappa shape index (κ2) is 5.60. The maximum absolute atomic E-state index is 4.78. The van der Waals surface area contributed by atoms with Crippen molar-refractivity contribution in [2.75, 3.05) is 24.5 Å². The molecule has 4 nitrogen and oxygen atoms in total. The Bertz CT molecular complexity index is 445. The molecule has 2 aliphatic rings. The first kappa shape index (κ1) is 14.3. The molecule has 0 spiro atoms. The van der Waals surface area contributed by atoms with E-state index in [4.69, 9.17) is 4.98 Å². The standard InChI is InChI=1S/C15H26N4S/c1-15(2,3)13-17-14(20-18-13)19-9-5-6-11(10-19)12-7-4-8-16-12/h11-12,16H,4-10H2,1-3H3. The van der Waals surface area contributed by atoms with Gasteiger partial charge in [-0.25, -0.2) is 4.98 Å². The number of anilines is 1. The maximum atomic E-state index is 4.78. The van der Waals surface area contributed by atoms with Crippen LogP contribution in [0.4, 0.5) is 5.13 Å². The van der Waals surface area contributed by atoms with Gasteiger partial charge in [0.1, 0.15) is 5.82 Å². The molecule has 1 aromatic heterocycles. The van der Waals surface area contributed by atoms with E-state index in [1.807, 2.05) is 0 Å². The van der Waals surface area contributed by atoms with E-state index in [-0.39, 0.29) is 5.41 Å². The van der Waals surface area contributed by atoms with Crippen molar-refractivity contribution in [2.24, 2.45) is 5.92 Å². The van der Waals surface area contributed by atoms with E-state index in [9.17, 15) is 0 Å². The maximum Gasteiger partial charge on any atom is 0.205 e. The summed E-state index contributed by atoms with van der Waals surface area (Å²) >= 11 is 1.57. The molecule has 0 saturated carbocycles. The Kier molecular flexibility index (Phi) is 4.00. The number of nitrogens with one attached hydrogen (secondary N) is 1. The monoisotopic (exact) mass is 294 g/mol. The van der Waals surface area contributed by atoms with Crippen LogP contribution in [0.5, 0.6) is 0 Å². The Balaban J connectivity index is 1.68. The third-order valence-electron chi connectivity index (χ3n) is 4.48. The SMILES string of the molecule is CC(C)(C)c1nsc(N2CCCC(C3CCCN3)C2)n1. The zero-order chi connectivity index (χ0) is 14.2. The van der Waals surface area contributed by atoms with Crippen LogP contribution in [0.2, 0.25) is 0 Å². The van der Waals surface area contributed by atoms with Gasteiger partial charge in [0.2, 0.25) is 5.13 Å². The molecule has 3 heterocycles. The lowest BCUT2D eigenvalue weighted by Crippen LogP contribution is -2.43. The summed E-state index contributed by atoms with van der Waals surface area (Å²) in [6.07, 6.45) is 5.34. The topological polar surface area (TPSA) is 41.1 Å². The van der Waals surface area contributed by atoms with E-state index in [0.29, 0.717) is 0 Å². The Morgan fingerprint density at radius 2 is 2.10 bits per heavy atom. The molecule has 112 valence electrons. The highest BCUT2D eigenvalue weighted by Gasteiger charge is 2.30. The zero-order valence-electron chi connectivity index (χ0n) is 12.9. The van der Waals surface area contributed by atoms with Crippen molar-refractivity contribution in [3.8, 4) is 0 Å². The third-order valence-corrected chi connectivity index (χ3v) is 5.26. The summed E-state index contributed by atoms with van der Waals surface area (Å²) < 4.78 is 4.56. The van der Waals surface area contributed by atoms with E-state index in [0.717, 1.165) is 36.0 Å².